The highest BCUT2D eigenvalue weighted by Gasteiger charge is 2.22. The van der Waals surface area contributed by atoms with E-state index in [1.54, 1.807) is 6.07 Å². The highest BCUT2D eigenvalue weighted by Crippen LogP contribution is 2.17. The third kappa shape index (κ3) is 3.77. The van der Waals surface area contributed by atoms with Crippen molar-refractivity contribution < 1.29 is 4.39 Å². The Morgan fingerprint density at radius 1 is 1.50 bits per heavy atom. The summed E-state index contributed by atoms with van der Waals surface area (Å²) in [7, 11) is 4.20. The van der Waals surface area contributed by atoms with Crippen LogP contribution in [0.1, 0.15) is 24.0 Å². The molecule has 1 unspecified atom stereocenters. The predicted octanol–water partition coefficient (Wildman–Crippen LogP) is 1.64. The van der Waals surface area contributed by atoms with Crippen LogP contribution in [0, 0.1) is 11.2 Å². The van der Waals surface area contributed by atoms with E-state index in [0.29, 0.717) is 18.2 Å². The molecule has 0 amide bonds. The summed E-state index contributed by atoms with van der Waals surface area (Å²) in [6.07, 6.45) is 2.48. The molecule has 0 aromatic heterocycles. The standard InChI is InChI=1S/C15H23FN4/c1-19(10-14-4-3-5-20(14)2)9-11-6-12(15(17)18)8-13(16)7-11/h6-8,14H,3-5,9-10H2,1-2H3,(H3,17,18). The van der Waals surface area contributed by atoms with Crippen molar-refractivity contribution >= 4 is 5.84 Å². The average molecular weight is 278 g/mol. The van der Waals surface area contributed by atoms with Crippen molar-refractivity contribution in [3.63, 3.8) is 0 Å². The van der Waals surface area contributed by atoms with Crippen LogP contribution in [0.15, 0.2) is 18.2 Å². The van der Waals surface area contributed by atoms with Crippen LogP contribution in [0.25, 0.3) is 0 Å². The Balaban J connectivity index is 2.00. The second-order valence-electron chi connectivity index (χ2n) is 5.74. The monoisotopic (exact) mass is 278 g/mol. The molecule has 1 aromatic rings. The van der Waals surface area contributed by atoms with Gasteiger partial charge in [-0.25, -0.2) is 4.39 Å². The SMILES string of the molecule is CN(Cc1cc(F)cc(C(=N)N)c1)CC1CCCN1C. The molecule has 0 aliphatic carbocycles. The zero-order valence-electron chi connectivity index (χ0n) is 12.2. The van der Waals surface area contributed by atoms with Gasteiger partial charge in [0.25, 0.3) is 0 Å². The van der Waals surface area contributed by atoms with Crippen LogP contribution >= 0.6 is 0 Å². The first-order chi connectivity index (χ1) is 9.45. The van der Waals surface area contributed by atoms with Gasteiger partial charge in [-0.2, -0.15) is 0 Å². The molecule has 1 aliphatic rings. The highest BCUT2D eigenvalue weighted by molar-refractivity contribution is 5.95. The van der Waals surface area contributed by atoms with Crippen molar-refractivity contribution in [3.8, 4) is 0 Å². The molecule has 0 saturated carbocycles. The Morgan fingerprint density at radius 2 is 2.25 bits per heavy atom. The molecule has 0 bridgehead atoms. The molecular formula is C15H23FN4. The summed E-state index contributed by atoms with van der Waals surface area (Å²) in [5.41, 5.74) is 6.74. The van der Waals surface area contributed by atoms with Gasteiger partial charge in [0.2, 0.25) is 0 Å². The minimum absolute atomic E-state index is 0.0936. The number of hydrogen-bond acceptors (Lipinski definition) is 3. The van der Waals surface area contributed by atoms with Crippen LogP contribution in [-0.4, -0.2) is 48.9 Å². The lowest BCUT2D eigenvalue weighted by Gasteiger charge is -2.25. The van der Waals surface area contributed by atoms with E-state index in [9.17, 15) is 4.39 Å². The van der Waals surface area contributed by atoms with Crippen molar-refractivity contribution in [1.82, 2.24) is 9.80 Å². The van der Waals surface area contributed by atoms with E-state index in [4.69, 9.17) is 11.1 Å². The van der Waals surface area contributed by atoms with Gasteiger partial charge in [-0.05, 0) is 57.2 Å². The van der Waals surface area contributed by atoms with Crippen LogP contribution in [0.5, 0.6) is 0 Å². The minimum Gasteiger partial charge on any atom is -0.384 e. The summed E-state index contributed by atoms with van der Waals surface area (Å²) < 4.78 is 13.5. The number of rotatable bonds is 5. The maximum Gasteiger partial charge on any atom is 0.124 e. The number of nitrogen functional groups attached to an aromatic ring is 1. The summed E-state index contributed by atoms with van der Waals surface area (Å²) in [5.74, 6) is -0.428. The largest absolute Gasteiger partial charge is 0.384 e. The van der Waals surface area contributed by atoms with E-state index in [0.717, 1.165) is 18.7 Å². The van der Waals surface area contributed by atoms with Crippen LogP contribution < -0.4 is 5.73 Å². The van der Waals surface area contributed by atoms with E-state index in [1.165, 1.54) is 25.0 Å². The Bertz CT molecular complexity index is 489. The average Bonchev–Trinajstić information content (AvgIpc) is 2.74. The molecular weight excluding hydrogens is 255 g/mol. The van der Waals surface area contributed by atoms with Crippen molar-refractivity contribution in [3.05, 3.63) is 35.1 Å². The van der Waals surface area contributed by atoms with Crippen molar-refractivity contribution in [2.75, 3.05) is 27.2 Å². The first kappa shape index (κ1) is 14.9. The third-order valence-corrected chi connectivity index (χ3v) is 3.92. The van der Waals surface area contributed by atoms with Gasteiger partial charge < -0.3 is 15.5 Å². The maximum absolute atomic E-state index is 13.5. The molecule has 0 spiro atoms. The Labute approximate surface area is 119 Å². The highest BCUT2D eigenvalue weighted by atomic mass is 19.1. The summed E-state index contributed by atoms with van der Waals surface area (Å²) >= 11 is 0. The van der Waals surface area contributed by atoms with E-state index < -0.39 is 0 Å². The van der Waals surface area contributed by atoms with E-state index in [2.05, 4.69) is 16.8 Å². The number of nitrogens with one attached hydrogen (secondary N) is 1. The smallest absolute Gasteiger partial charge is 0.124 e. The quantitative estimate of drug-likeness (QED) is 0.636. The van der Waals surface area contributed by atoms with E-state index in [1.807, 2.05) is 7.05 Å². The molecule has 1 saturated heterocycles. The van der Waals surface area contributed by atoms with Crippen molar-refractivity contribution in [2.24, 2.45) is 5.73 Å². The van der Waals surface area contributed by atoms with Gasteiger partial charge in [0.05, 0.1) is 0 Å². The van der Waals surface area contributed by atoms with Crippen molar-refractivity contribution in [1.29, 1.82) is 5.41 Å². The summed E-state index contributed by atoms with van der Waals surface area (Å²) in [6, 6.07) is 5.19. The predicted molar refractivity (Wildman–Crippen MR) is 79.4 cm³/mol. The van der Waals surface area contributed by atoms with Crippen LogP contribution in [0.4, 0.5) is 4.39 Å². The van der Waals surface area contributed by atoms with Crippen molar-refractivity contribution in [2.45, 2.75) is 25.4 Å². The van der Waals surface area contributed by atoms with Crippen LogP contribution in [0.3, 0.4) is 0 Å². The van der Waals surface area contributed by atoms with Crippen LogP contribution in [-0.2, 0) is 6.54 Å². The summed E-state index contributed by atoms with van der Waals surface area (Å²) in [4.78, 5) is 4.58. The molecule has 1 heterocycles. The Hall–Kier alpha value is -1.46. The topological polar surface area (TPSA) is 56.4 Å². The first-order valence-electron chi connectivity index (χ1n) is 6.98. The number of amidine groups is 1. The minimum atomic E-state index is -0.334. The molecule has 110 valence electrons. The Morgan fingerprint density at radius 3 is 2.85 bits per heavy atom. The fraction of sp³-hybridized carbons (Fsp3) is 0.533. The Kier molecular flexibility index (Phi) is 4.73. The van der Waals surface area contributed by atoms with Gasteiger partial charge in [0.1, 0.15) is 11.7 Å². The lowest BCUT2D eigenvalue weighted by molar-refractivity contribution is 0.215. The van der Waals surface area contributed by atoms with Gasteiger partial charge >= 0.3 is 0 Å². The fourth-order valence-electron chi connectivity index (χ4n) is 2.84. The molecule has 20 heavy (non-hydrogen) atoms. The molecule has 1 fully saturated rings. The molecule has 1 aromatic carbocycles. The number of benzene rings is 1. The summed E-state index contributed by atoms with van der Waals surface area (Å²) in [6.45, 7) is 2.80. The second kappa shape index (κ2) is 6.33. The maximum atomic E-state index is 13.5. The van der Waals surface area contributed by atoms with Gasteiger partial charge in [-0.15, -0.1) is 0 Å². The second-order valence-corrected chi connectivity index (χ2v) is 5.74. The number of likely N-dealkylation sites (N-methyl/N-ethyl adjacent to an activating group) is 2. The number of nitrogens with two attached hydrogens (primary N) is 1. The van der Waals surface area contributed by atoms with Crippen LogP contribution in [0.2, 0.25) is 0 Å². The first-order valence-corrected chi connectivity index (χ1v) is 6.98. The molecule has 5 heteroatoms. The van der Waals surface area contributed by atoms with E-state index >= 15 is 0 Å². The zero-order valence-corrected chi connectivity index (χ0v) is 12.2. The number of nitrogens with zero attached hydrogens (tertiary/aromatic N) is 2. The zero-order chi connectivity index (χ0) is 14.7. The van der Waals surface area contributed by atoms with Gasteiger partial charge in [-0.1, -0.05) is 0 Å². The molecule has 3 N–H and O–H groups in total. The molecule has 0 radical (unpaired) electrons. The fourth-order valence-corrected chi connectivity index (χ4v) is 2.84. The van der Waals surface area contributed by atoms with Gasteiger partial charge in [0.15, 0.2) is 0 Å². The normalized spacial score (nSPS) is 19.7. The lowest BCUT2D eigenvalue weighted by atomic mass is 10.1. The molecule has 1 aliphatic heterocycles. The lowest BCUT2D eigenvalue weighted by Crippen LogP contribution is -2.36. The number of halogens is 1. The molecule has 4 nitrogen and oxygen atoms in total. The number of hydrogen-bond donors (Lipinski definition) is 2. The molecule has 1 atom stereocenters. The summed E-state index contributed by atoms with van der Waals surface area (Å²) in [5, 5.41) is 7.41. The third-order valence-electron chi connectivity index (χ3n) is 3.92. The van der Waals surface area contributed by atoms with Gasteiger partial charge in [0, 0.05) is 24.7 Å². The molecule has 2 rings (SSSR count). The number of likely N-dealkylation sites (tertiary alicyclic amines) is 1. The van der Waals surface area contributed by atoms with Gasteiger partial charge in [-0.3, -0.25) is 5.41 Å². The van der Waals surface area contributed by atoms with E-state index in [-0.39, 0.29) is 11.7 Å².